The molecular weight excluding hydrogens is 534 g/mol. The highest BCUT2D eigenvalue weighted by Crippen LogP contribution is 2.35. The van der Waals surface area contributed by atoms with Crippen molar-refractivity contribution in [2.75, 3.05) is 38.8 Å². The van der Waals surface area contributed by atoms with Crippen LogP contribution in [0.1, 0.15) is 24.6 Å². The second-order valence-corrected chi connectivity index (χ2v) is 9.86. The molecule has 4 aromatic rings. The first-order chi connectivity index (χ1) is 19.8. The number of methoxy groups -OCH3 is 1. The Bertz CT molecular complexity index is 1470. The number of imidazole rings is 1. The molecular formula is C29H30F2N6O4. The van der Waals surface area contributed by atoms with Gasteiger partial charge in [-0.25, -0.2) is 23.7 Å². The number of halogens is 2. The Morgan fingerprint density at radius 1 is 1.05 bits per heavy atom. The van der Waals surface area contributed by atoms with E-state index in [4.69, 9.17) is 19.2 Å². The fourth-order valence-corrected chi connectivity index (χ4v) is 4.25. The van der Waals surface area contributed by atoms with Gasteiger partial charge in [-0.05, 0) is 55.0 Å². The Morgan fingerprint density at radius 3 is 2.41 bits per heavy atom. The highest BCUT2D eigenvalue weighted by atomic mass is 19.1. The summed E-state index contributed by atoms with van der Waals surface area (Å²) in [5.41, 5.74) is 2.23. The van der Waals surface area contributed by atoms with Crippen LogP contribution in [0.25, 0.3) is 22.6 Å². The van der Waals surface area contributed by atoms with Crippen LogP contribution < -0.4 is 10.6 Å². The van der Waals surface area contributed by atoms with E-state index in [1.807, 2.05) is 0 Å². The van der Waals surface area contributed by atoms with Crippen LogP contribution in [-0.4, -0.2) is 59.3 Å². The molecule has 0 saturated carbocycles. The molecule has 0 spiro atoms. The minimum atomic E-state index is -0.878. The van der Waals surface area contributed by atoms with Gasteiger partial charge >= 0.3 is 0 Å². The molecule has 0 unspecified atom stereocenters. The van der Waals surface area contributed by atoms with Crippen molar-refractivity contribution in [1.82, 2.24) is 25.3 Å². The molecule has 2 aromatic carbocycles. The zero-order valence-corrected chi connectivity index (χ0v) is 22.6. The van der Waals surface area contributed by atoms with Gasteiger partial charge in [0.1, 0.15) is 11.6 Å². The molecule has 1 amide bonds. The van der Waals surface area contributed by atoms with Crippen molar-refractivity contribution in [3.05, 3.63) is 83.8 Å². The van der Waals surface area contributed by atoms with Crippen LogP contribution in [-0.2, 0) is 25.5 Å². The van der Waals surface area contributed by atoms with Crippen molar-refractivity contribution in [3.8, 4) is 22.6 Å². The summed E-state index contributed by atoms with van der Waals surface area (Å²) in [6.45, 7) is 3.18. The van der Waals surface area contributed by atoms with Crippen LogP contribution >= 0.6 is 0 Å². The number of anilines is 1. The number of benzene rings is 2. The molecule has 3 N–H and O–H groups in total. The zero-order valence-electron chi connectivity index (χ0n) is 22.6. The maximum atomic E-state index is 13.7. The maximum Gasteiger partial charge on any atom is 0.230 e. The van der Waals surface area contributed by atoms with E-state index in [-0.39, 0.29) is 30.8 Å². The van der Waals surface area contributed by atoms with Gasteiger partial charge in [-0.1, -0.05) is 12.1 Å². The first-order valence-corrected chi connectivity index (χ1v) is 13.0. The smallest absolute Gasteiger partial charge is 0.230 e. The molecule has 10 nitrogen and oxygen atoms in total. The number of carbonyl (C=O) groups is 1. The third kappa shape index (κ3) is 6.73. The number of amides is 1. The van der Waals surface area contributed by atoms with Gasteiger partial charge in [0, 0.05) is 32.0 Å². The molecule has 41 heavy (non-hydrogen) atoms. The molecule has 3 heterocycles. The lowest BCUT2D eigenvalue weighted by molar-refractivity contribution is -0.231. The lowest BCUT2D eigenvalue weighted by Gasteiger charge is -2.35. The highest BCUT2D eigenvalue weighted by molar-refractivity contribution is 5.82. The van der Waals surface area contributed by atoms with E-state index >= 15 is 0 Å². The van der Waals surface area contributed by atoms with Crippen LogP contribution in [0.4, 0.5) is 14.7 Å². The zero-order chi connectivity index (χ0) is 28.8. The Labute approximate surface area is 235 Å². The summed E-state index contributed by atoms with van der Waals surface area (Å²) in [6.07, 6.45) is 0.742. The Kier molecular flexibility index (Phi) is 8.62. The summed E-state index contributed by atoms with van der Waals surface area (Å²) in [4.78, 5) is 29.6. The Hall–Kier alpha value is -4.26. The molecule has 2 aromatic heterocycles. The fourth-order valence-electron chi connectivity index (χ4n) is 4.25. The molecule has 5 rings (SSSR count). The van der Waals surface area contributed by atoms with Gasteiger partial charge < -0.3 is 29.8 Å². The van der Waals surface area contributed by atoms with Crippen molar-refractivity contribution >= 4 is 11.9 Å². The molecule has 1 saturated heterocycles. The van der Waals surface area contributed by atoms with Crippen LogP contribution in [0.2, 0.25) is 0 Å². The van der Waals surface area contributed by atoms with E-state index in [2.05, 4.69) is 25.6 Å². The standard InChI is InChI=1S/C29H30F2N6O4/c1-29(27(38)32-13-14-39-2)16-40-26(41-17-29)25-36-23(19-5-9-21(31)10-6-19)24(37-25)22-11-12-33-28(35-22)34-15-18-3-7-20(30)8-4-18/h3-12,26H,13-17H2,1-2H3,(H,32,38)(H,36,37)(H,33,34,35). The summed E-state index contributed by atoms with van der Waals surface area (Å²) < 4.78 is 43.8. The summed E-state index contributed by atoms with van der Waals surface area (Å²) in [5.74, 6) is -0.144. The second kappa shape index (κ2) is 12.5. The maximum absolute atomic E-state index is 13.7. The number of hydrogen-bond acceptors (Lipinski definition) is 8. The van der Waals surface area contributed by atoms with Crippen molar-refractivity contribution < 1.29 is 27.8 Å². The molecule has 214 valence electrons. The van der Waals surface area contributed by atoms with Crippen molar-refractivity contribution in [1.29, 1.82) is 0 Å². The van der Waals surface area contributed by atoms with Gasteiger partial charge in [-0.15, -0.1) is 0 Å². The first-order valence-electron chi connectivity index (χ1n) is 13.0. The van der Waals surface area contributed by atoms with E-state index in [0.717, 1.165) is 5.56 Å². The van der Waals surface area contributed by atoms with Gasteiger partial charge in [-0.2, -0.15) is 0 Å². The van der Waals surface area contributed by atoms with Gasteiger partial charge in [0.05, 0.1) is 42.3 Å². The van der Waals surface area contributed by atoms with E-state index in [1.54, 1.807) is 50.6 Å². The average molecular weight is 565 g/mol. The minimum Gasteiger partial charge on any atom is -0.383 e. The molecule has 0 radical (unpaired) electrons. The van der Waals surface area contributed by atoms with Crippen molar-refractivity contribution in [2.45, 2.75) is 19.8 Å². The molecule has 0 bridgehead atoms. The van der Waals surface area contributed by atoms with Crippen LogP contribution in [0.15, 0.2) is 60.8 Å². The number of rotatable bonds is 10. The fraction of sp³-hybridized carbons (Fsp3) is 0.310. The molecule has 0 aliphatic carbocycles. The monoisotopic (exact) mass is 564 g/mol. The Balaban J connectivity index is 1.38. The predicted octanol–water partition coefficient (Wildman–Crippen LogP) is 4.24. The number of ether oxygens (including phenoxy) is 3. The quantitative estimate of drug-likeness (QED) is 0.245. The summed E-state index contributed by atoms with van der Waals surface area (Å²) in [5, 5.41) is 5.96. The largest absolute Gasteiger partial charge is 0.383 e. The molecule has 1 aliphatic heterocycles. The van der Waals surface area contributed by atoms with Crippen LogP contribution in [0.5, 0.6) is 0 Å². The third-order valence-corrected chi connectivity index (χ3v) is 6.59. The Morgan fingerprint density at radius 2 is 1.73 bits per heavy atom. The first kappa shape index (κ1) is 28.3. The van der Waals surface area contributed by atoms with E-state index < -0.39 is 11.7 Å². The topological polar surface area (TPSA) is 123 Å². The van der Waals surface area contributed by atoms with Crippen LogP contribution in [0.3, 0.4) is 0 Å². The molecule has 1 fully saturated rings. The average Bonchev–Trinajstić information content (AvgIpc) is 3.43. The lowest BCUT2D eigenvalue weighted by atomic mass is 9.91. The normalized spacial score (nSPS) is 18.7. The number of nitrogens with zero attached hydrogens (tertiary/aromatic N) is 3. The number of hydrogen-bond donors (Lipinski definition) is 3. The number of aromatic amines is 1. The molecule has 12 heteroatoms. The number of aromatic nitrogens is 4. The molecule has 0 atom stereocenters. The third-order valence-electron chi connectivity index (χ3n) is 6.59. The van der Waals surface area contributed by atoms with Gasteiger partial charge in [0.25, 0.3) is 0 Å². The van der Waals surface area contributed by atoms with Crippen molar-refractivity contribution in [3.63, 3.8) is 0 Å². The van der Waals surface area contributed by atoms with Crippen molar-refractivity contribution in [2.24, 2.45) is 5.41 Å². The summed E-state index contributed by atoms with van der Waals surface area (Å²) in [7, 11) is 1.57. The van der Waals surface area contributed by atoms with E-state index in [0.29, 0.717) is 54.1 Å². The van der Waals surface area contributed by atoms with Gasteiger partial charge in [0.15, 0.2) is 5.82 Å². The second-order valence-electron chi connectivity index (χ2n) is 9.86. The summed E-state index contributed by atoms with van der Waals surface area (Å²) >= 11 is 0. The SMILES string of the molecule is COCCNC(=O)C1(C)COC(c2nc(-c3ccc(F)cc3)c(-c3ccnc(NCc4ccc(F)cc4)n3)[nH]2)OC1. The van der Waals surface area contributed by atoms with Gasteiger partial charge in [-0.3, -0.25) is 4.79 Å². The predicted molar refractivity (Wildman–Crippen MR) is 146 cm³/mol. The number of carbonyl (C=O) groups excluding carboxylic acids is 1. The van der Waals surface area contributed by atoms with Crippen LogP contribution in [0, 0.1) is 17.0 Å². The summed E-state index contributed by atoms with van der Waals surface area (Å²) in [6, 6.07) is 13.8. The van der Waals surface area contributed by atoms with E-state index in [9.17, 15) is 13.6 Å². The molecule has 1 aliphatic rings. The number of H-pyrrole nitrogens is 1. The minimum absolute atomic E-state index is 0.114. The van der Waals surface area contributed by atoms with Gasteiger partial charge in [0.2, 0.25) is 18.1 Å². The number of nitrogens with one attached hydrogen (secondary N) is 3. The lowest BCUT2D eigenvalue weighted by Crippen LogP contribution is -2.49. The highest BCUT2D eigenvalue weighted by Gasteiger charge is 2.40. The van der Waals surface area contributed by atoms with E-state index in [1.165, 1.54) is 24.3 Å².